The molecule has 172 valence electrons. The SMILES string of the molecule is Cc1ccccc1-n1cnnc1SC(C)C(=O)N1N=C(c2ccc(Cl)cc2)CC1c1ccco1. The van der Waals surface area contributed by atoms with E-state index in [1.165, 1.54) is 16.8 Å². The molecule has 7 nitrogen and oxygen atoms in total. The van der Waals surface area contributed by atoms with Gasteiger partial charge >= 0.3 is 0 Å². The van der Waals surface area contributed by atoms with Crippen molar-refractivity contribution >= 4 is 35.0 Å². The van der Waals surface area contributed by atoms with Gasteiger partial charge in [0.05, 0.1) is 22.9 Å². The number of halogens is 1. The first-order valence-corrected chi connectivity index (χ1v) is 12.1. The highest BCUT2D eigenvalue weighted by Crippen LogP contribution is 2.36. The Bertz CT molecular complexity index is 1330. The molecule has 2 atom stereocenters. The molecule has 2 unspecified atom stereocenters. The quantitative estimate of drug-likeness (QED) is 0.324. The van der Waals surface area contributed by atoms with Gasteiger partial charge in [0.15, 0.2) is 5.16 Å². The standard InChI is InChI=1S/C25H22ClN5O2S/c1-16-6-3-4-7-21(16)30-15-27-28-25(30)34-17(2)24(32)31-22(23-8-5-13-33-23)14-20(29-31)18-9-11-19(26)12-10-18/h3-13,15,17,22H,14H2,1-2H3. The van der Waals surface area contributed by atoms with Crippen molar-refractivity contribution in [2.45, 2.75) is 36.7 Å². The van der Waals surface area contributed by atoms with Crippen molar-refractivity contribution in [2.75, 3.05) is 0 Å². The number of furan rings is 1. The summed E-state index contributed by atoms with van der Waals surface area (Å²) in [5.74, 6) is 0.566. The smallest absolute Gasteiger partial charge is 0.256 e. The lowest BCUT2D eigenvalue weighted by atomic mass is 10.0. The van der Waals surface area contributed by atoms with Gasteiger partial charge in [-0.2, -0.15) is 5.10 Å². The van der Waals surface area contributed by atoms with Gasteiger partial charge in [0.1, 0.15) is 18.1 Å². The Labute approximate surface area is 206 Å². The second-order valence-corrected chi connectivity index (χ2v) is 9.75. The Morgan fingerprint density at radius 1 is 1.15 bits per heavy atom. The normalized spacial score (nSPS) is 16.5. The number of rotatable bonds is 6. The molecule has 0 N–H and O–H groups in total. The third kappa shape index (κ3) is 4.38. The molecule has 34 heavy (non-hydrogen) atoms. The molecule has 4 aromatic rings. The van der Waals surface area contributed by atoms with E-state index >= 15 is 0 Å². The van der Waals surface area contributed by atoms with Crippen LogP contribution >= 0.6 is 23.4 Å². The number of hydrogen-bond acceptors (Lipinski definition) is 6. The molecule has 1 amide bonds. The number of hydrazone groups is 1. The second kappa shape index (κ2) is 9.48. The number of hydrogen-bond donors (Lipinski definition) is 0. The lowest BCUT2D eigenvalue weighted by Gasteiger charge is -2.23. The van der Waals surface area contributed by atoms with Crippen LogP contribution in [-0.4, -0.2) is 36.6 Å². The fourth-order valence-electron chi connectivity index (χ4n) is 3.93. The molecule has 0 radical (unpaired) electrons. The first kappa shape index (κ1) is 22.4. The first-order chi connectivity index (χ1) is 16.5. The molecule has 0 aliphatic carbocycles. The van der Waals surface area contributed by atoms with Gasteiger partial charge in [-0.1, -0.05) is 53.7 Å². The second-order valence-electron chi connectivity index (χ2n) is 8.00. The fourth-order valence-corrected chi connectivity index (χ4v) is 4.94. The van der Waals surface area contributed by atoms with Crippen LogP contribution in [0.15, 0.2) is 87.9 Å². The van der Waals surface area contributed by atoms with Crippen LogP contribution in [0.5, 0.6) is 0 Å². The van der Waals surface area contributed by atoms with Crippen molar-refractivity contribution in [3.05, 3.63) is 95.2 Å². The molecule has 0 bridgehead atoms. The number of carbonyl (C=O) groups is 1. The molecular weight excluding hydrogens is 470 g/mol. The Morgan fingerprint density at radius 3 is 2.68 bits per heavy atom. The average molecular weight is 492 g/mol. The van der Waals surface area contributed by atoms with Crippen LogP contribution in [0.3, 0.4) is 0 Å². The Hall–Kier alpha value is -3.36. The number of nitrogens with zero attached hydrogens (tertiary/aromatic N) is 5. The minimum Gasteiger partial charge on any atom is -0.467 e. The average Bonchev–Trinajstić information content (AvgIpc) is 3.60. The molecule has 9 heteroatoms. The van der Waals surface area contributed by atoms with Crippen LogP contribution in [0, 0.1) is 6.92 Å². The molecule has 2 aromatic heterocycles. The molecule has 1 aliphatic rings. The third-order valence-electron chi connectivity index (χ3n) is 5.71. The largest absolute Gasteiger partial charge is 0.467 e. The number of thioether (sulfide) groups is 1. The van der Waals surface area contributed by atoms with Crippen LogP contribution in [-0.2, 0) is 4.79 Å². The minimum atomic E-state index is -0.447. The highest BCUT2D eigenvalue weighted by molar-refractivity contribution is 8.00. The van der Waals surface area contributed by atoms with Gasteiger partial charge in [-0.15, -0.1) is 10.2 Å². The molecule has 0 fully saturated rings. The summed E-state index contributed by atoms with van der Waals surface area (Å²) in [7, 11) is 0. The summed E-state index contributed by atoms with van der Waals surface area (Å²) in [6.07, 6.45) is 3.83. The highest BCUT2D eigenvalue weighted by atomic mass is 35.5. The van der Waals surface area contributed by atoms with E-state index < -0.39 is 5.25 Å². The van der Waals surface area contributed by atoms with E-state index in [0.29, 0.717) is 22.4 Å². The van der Waals surface area contributed by atoms with Crippen molar-refractivity contribution in [3.63, 3.8) is 0 Å². The number of carbonyl (C=O) groups excluding carboxylic acids is 1. The van der Waals surface area contributed by atoms with Crippen molar-refractivity contribution in [2.24, 2.45) is 5.10 Å². The fraction of sp³-hybridized carbons (Fsp3) is 0.200. The van der Waals surface area contributed by atoms with Crippen molar-refractivity contribution in [1.29, 1.82) is 0 Å². The Morgan fingerprint density at radius 2 is 1.94 bits per heavy atom. The predicted molar refractivity (Wildman–Crippen MR) is 132 cm³/mol. The van der Waals surface area contributed by atoms with E-state index in [0.717, 1.165) is 22.5 Å². The van der Waals surface area contributed by atoms with Crippen molar-refractivity contribution in [1.82, 2.24) is 19.8 Å². The Balaban J connectivity index is 1.41. The predicted octanol–water partition coefficient (Wildman–Crippen LogP) is 5.68. The summed E-state index contributed by atoms with van der Waals surface area (Å²) in [5.41, 5.74) is 3.81. The van der Waals surface area contributed by atoms with Crippen molar-refractivity contribution in [3.8, 4) is 5.69 Å². The maximum atomic E-state index is 13.6. The molecule has 0 saturated heterocycles. The van der Waals surface area contributed by atoms with Gasteiger partial charge in [-0.3, -0.25) is 9.36 Å². The highest BCUT2D eigenvalue weighted by Gasteiger charge is 2.37. The number of aryl methyl sites for hydroxylation is 1. The lowest BCUT2D eigenvalue weighted by Crippen LogP contribution is -2.33. The summed E-state index contributed by atoms with van der Waals surface area (Å²) in [6.45, 7) is 3.89. The van der Waals surface area contributed by atoms with Gasteiger partial charge in [-0.25, -0.2) is 5.01 Å². The molecular formula is C25H22ClN5O2S. The van der Waals surface area contributed by atoms with Gasteiger partial charge in [0.25, 0.3) is 5.91 Å². The lowest BCUT2D eigenvalue weighted by molar-refractivity contribution is -0.132. The number of benzene rings is 2. The maximum Gasteiger partial charge on any atom is 0.256 e. The van der Waals surface area contributed by atoms with Gasteiger partial charge < -0.3 is 4.42 Å². The van der Waals surface area contributed by atoms with Crippen LogP contribution in [0.25, 0.3) is 5.69 Å². The van der Waals surface area contributed by atoms with Crippen LogP contribution in [0.4, 0.5) is 0 Å². The summed E-state index contributed by atoms with van der Waals surface area (Å²) in [4.78, 5) is 13.6. The van der Waals surface area contributed by atoms with E-state index in [2.05, 4.69) is 10.2 Å². The number of amides is 1. The van der Waals surface area contributed by atoms with E-state index in [9.17, 15) is 4.79 Å². The van der Waals surface area contributed by atoms with Crippen LogP contribution < -0.4 is 0 Å². The summed E-state index contributed by atoms with van der Waals surface area (Å²) in [5, 5.41) is 15.4. The molecule has 3 heterocycles. The zero-order chi connectivity index (χ0) is 23.7. The van der Waals surface area contributed by atoms with E-state index in [-0.39, 0.29) is 11.9 Å². The monoisotopic (exact) mass is 491 g/mol. The molecule has 2 aromatic carbocycles. The molecule has 0 saturated carbocycles. The molecule has 0 spiro atoms. The third-order valence-corrected chi connectivity index (χ3v) is 7.00. The van der Waals surface area contributed by atoms with E-state index in [4.69, 9.17) is 21.1 Å². The number of aromatic nitrogens is 3. The minimum absolute atomic E-state index is 0.130. The summed E-state index contributed by atoms with van der Waals surface area (Å²) in [6, 6.07) is 18.8. The summed E-state index contributed by atoms with van der Waals surface area (Å²) < 4.78 is 7.56. The number of para-hydroxylation sites is 1. The van der Waals surface area contributed by atoms with Gasteiger partial charge in [0.2, 0.25) is 0 Å². The Kier molecular flexibility index (Phi) is 6.26. The molecule has 1 aliphatic heterocycles. The summed E-state index contributed by atoms with van der Waals surface area (Å²) >= 11 is 7.40. The first-order valence-electron chi connectivity index (χ1n) is 10.8. The van der Waals surface area contributed by atoms with Crippen LogP contribution in [0.2, 0.25) is 5.02 Å². The molecule has 5 rings (SSSR count). The van der Waals surface area contributed by atoms with Crippen LogP contribution in [0.1, 0.15) is 36.3 Å². The zero-order valence-electron chi connectivity index (χ0n) is 18.6. The van der Waals surface area contributed by atoms with Gasteiger partial charge in [-0.05, 0) is 55.3 Å². The zero-order valence-corrected chi connectivity index (χ0v) is 20.2. The van der Waals surface area contributed by atoms with Crippen molar-refractivity contribution < 1.29 is 9.21 Å². The van der Waals surface area contributed by atoms with Gasteiger partial charge in [0, 0.05) is 11.4 Å². The van der Waals surface area contributed by atoms with E-state index in [1.807, 2.05) is 79.1 Å². The topological polar surface area (TPSA) is 76.5 Å². The van der Waals surface area contributed by atoms with E-state index in [1.54, 1.807) is 12.6 Å². The maximum absolute atomic E-state index is 13.6.